The van der Waals surface area contributed by atoms with Crippen LogP contribution in [0.25, 0.3) is 0 Å². The lowest BCUT2D eigenvalue weighted by molar-refractivity contribution is 0.192. The highest BCUT2D eigenvalue weighted by molar-refractivity contribution is 14.0. The van der Waals surface area contributed by atoms with Gasteiger partial charge >= 0.3 is 0 Å². The van der Waals surface area contributed by atoms with Gasteiger partial charge in [0.2, 0.25) is 0 Å². The molecular weight excluding hydrogens is 413 g/mol. The zero-order chi connectivity index (χ0) is 16.9. The van der Waals surface area contributed by atoms with Crippen LogP contribution < -0.4 is 10.6 Å². The maximum atomic E-state index is 5.07. The summed E-state index contributed by atoms with van der Waals surface area (Å²) in [5.74, 6) is 1.34. The fourth-order valence-electron chi connectivity index (χ4n) is 2.33. The van der Waals surface area contributed by atoms with E-state index >= 15 is 0 Å². The summed E-state index contributed by atoms with van der Waals surface area (Å²) >= 11 is 0. The van der Waals surface area contributed by atoms with Crippen molar-refractivity contribution in [2.75, 3.05) is 33.4 Å². The predicted octanol–water partition coefficient (Wildman–Crippen LogP) is 4.09. The first-order chi connectivity index (χ1) is 11.2. The number of rotatable bonds is 10. The molecule has 0 heterocycles. The van der Waals surface area contributed by atoms with Crippen molar-refractivity contribution < 1.29 is 4.74 Å². The molecule has 5 heteroatoms. The summed E-state index contributed by atoms with van der Waals surface area (Å²) in [4.78, 5) is 4.72. The summed E-state index contributed by atoms with van der Waals surface area (Å²) in [5.41, 5.74) is 2.64. The first kappa shape index (κ1) is 23.2. The molecule has 0 fully saturated rings. The quantitative estimate of drug-likeness (QED) is 0.246. The summed E-state index contributed by atoms with van der Waals surface area (Å²) < 4.78 is 5.07. The van der Waals surface area contributed by atoms with Crippen molar-refractivity contribution in [2.45, 2.75) is 46.0 Å². The molecule has 2 N–H and O–H groups in total. The second kappa shape index (κ2) is 14.5. The van der Waals surface area contributed by atoms with Crippen molar-refractivity contribution in [3.63, 3.8) is 0 Å². The molecular formula is C19H34IN3O. The zero-order valence-electron chi connectivity index (χ0n) is 15.6. The van der Waals surface area contributed by atoms with Gasteiger partial charge in [0.25, 0.3) is 0 Å². The van der Waals surface area contributed by atoms with Crippen molar-refractivity contribution in [1.82, 2.24) is 10.6 Å². The van der Waals surface area contributed by atoms with E-state index in [4.69, 9.17) is 9.73 Å². The fourth-order valence-corrected chi connectivity index (χ4v) is 2.33. The maximum Gasteiger partial charge on any atom is 0.191 e. The molecule has 0 saturated heterocycles. The van der Waals surface area contributed by atoms with Crippen LogP contribution in [-0.4, -0.2) is 39.3 Å². The molecule has 1 aromatic rings. The maximum absolute atomic E-state index is 5.07. The summed E-state index contributed by atoms with van der Waals surface area (Å²) in [7, 11) is 1.75. The molecule has 0 spiro atoms. The van der Waals surface area contributed by atoms with Crippen LogP contribution in [0.15, 0.2) is 29.3 Å². The molecule has 0 amide bonds. The number of methoxy groups -OCH3 is 1. The number of benzene rings is 1. The Kier molecular flexibility index (Phi) is 14.0. The van der Waals surface area contributed by atoms with Crippen molar-refractivity contribution in [1.29, 1.82) is 0 Å². The predicted molar refractivity (Wildman–Crippen MR) is 115 cm³/mol. The summed E-state index contributed by atoms with van der Waals surface area (Å²) in [6.45, 7) is 9.92. The topological polar surface area (TPSA) is 45.7 Å². The van der Waals surface area contributed by atoms with Crippen LogP contribution in [-0.2, 0) is 4.74 Å². The van der Waals surface area contributed by atoms with Gasteiger partial charge < -0.3 is 15.4 Å². The smallest absolute Gasteiger partial charge is 0.191 e. The van der Waals surface area contributed by atoms with Gasteiger partial charge in [-0.05, 0) is 38.7 Å². The number of aliphatic imine (C=N–C) groups is 1. The van der Waals surface area contributed by atoms with Gasteiger partial charge in [0, 0.05) is 39.3 Å². The van der Waals surface area contributed by atoms with Crippen molar-refractivity contribution >= 4 is 29.9 Å². The molecule has 4 nitrogen and oxygen atoms in total. The van der Waals surface area contributed by atoms with Crippen LogP contribution in [0, 0.1) is 6.92 Å². The number of aryl methyl sites for hydroxylation is 1. The minimum atomic E-state index is 0. The molecule has 1 atom stereocenters. The molecule has 1 aromatic carbocycles. The van der Waals surface area contributed by atoms with E-state index in [2.05, 4.69) is 55.7 Å². The van der Waals surface area contributed by atoms with Crippen LogP contribution in [0.3, 0.4) is 0 Å². The fraction of sp³-hybridized carbons (Fsp3) is 0.632. The van der Waals surface area contributed by atoms with E-state index in [9.17, 15) is 0 Å². The molecule has 0 aliphatic heterocycles. The normalized spacial score (nSPS) is 12.4. The second-order valence-electron chi connectivity index (χ2n) is 6.01. The van der Waals surface area contributed by atoms with Crippen LogP contribution in [0.4, 0.5) is 0 Å². The number of halogens is 1. The highest BCUT2D eigenvalue weighted by Gasteiger charge is 2.05. The number of nitrogens with one attached hydrogen (secondary N) is 2. The first-order valence-electron chi connectivity index (χ1n) is 8.75. The van der Waals surface area contributed by atoms with E-state index in [0.29, 0.717) is 5.92 Å². The molecule has 24 heavy (non-hydrogen) atoms. The van der Waals surface area contributed by atoms with Crippen molar-refractivity contribution in [3.8, 4) is 0 Å². The Morgan fingerprint density at radius 2 is 1.83 bits per heavy atom. The lowest BCUT2D eigenvalue weighted by atomic mass is 10.0. The van der Waals surface area contributed by atoms with Gasteiger partial charge in [-0.1, -0.05) is 36.8 Å². The molecule has 0 radical (unpaired) electrons. The van der Waals surface area contributed by atoms with Gasteiger partial charge in [-0.15, -0.1) is 24.0 Å². The Morgan fingerprint density at radius 1 is 1.12 bits per heavy atom. The molecule has 0 aromatic heterocycles. The third kappa shape index (κ3) is 10.1. The highest BCUT2D eigenvalue weighted by Crippen LogP contribution is 2.15. The summed E-state index contributed by atoms with van der Waals surface area (Å²) in [5, 5.41) is 6.73. The average molecular weight is 447 g/mol. The largest absolute Gasteiger partial charge is 0.385 e. The van der Waals surface area contributed by atoms with Gasteiger partial charge in [-0.25, -0.2) is 0 Å². The molecule has 0 saturated carbocycles. The minimum Gasteiger partial charge on any atom is -0.385 e. The molecule has 138 valence electrons. The number of hydrogen-bond donors (Lipinski definition) is 2. The van der Waals surface area contributed by atoms with E-state index in [0.717, 1.165) is 45.0 Å². The molecule has 1 unspecified atom stereocenters. The standard InChI is InChI=1S/C19H33N3O.HI/c1-5-20-19(21-13-7-6-8-14-23-4)22-15-17(3)18-11-9-16(2)10-12-18;/h9-12,17H,5-8,13-15H2,1-4H3,(H2,20,21,22);1H. The van der Waals surface area contributed by atoms with Gasteiger partial charge in [-0.2, -0.15) is 0 Å². The van der Waals surface area contributed by atoms with Crippen LogP contribution in [0.5, 0.6) is 0 Å². The molecule has 1 rings (SSSR count). The van der Waals surface area contributed by atoms with Gasteiger partial charge in [0.15, 0.2) is 5.96 Å². The lowest BCUT2D eigenvalue weighted by Crippen LogP contribution is -2.38. The Labute approximate surface area is 164 Å². The Morgan fingerprint density at radius 3 is 2.46 bits per heavy atom. The lowest BCUT2D eigenvalue weighted by Gasteiger charge is -2.14. The molecule has 0 bridgehead atoms. The summed E-state index contributed by atoms with van der Waals surface area (Å²) in [6.07, 6.45) is 3.44. The molecule has 0 aliphatic rings. The van der Waals surface area contributed by atoms with Gasteiger partial charge in [-0.3, -0.25) is 4.99 Å². The SMILES string of the molecule is CCNC(=NCC(C)c1ccc(C)cc1)NCCCCCOC.I. The van der Waals surface area contributed by atoms with Crippen LogP contribution in [0.2, 0.25) is 0 Å². The monoisotopic (exact) mass is 447 g/mol. The third-order valence-corrected chi connectivity index (χ3v) is 3.83. The second-order valence-corrected chi connectivity index (χ2v) is 6.01. The van der Waals surface area contributed by atoms with Crippen LogP contribution >= 0.6 is 24.0 Å². The third-order valence-electron chi connectivity index (χ3n) is 3.83. The van der Waals surface area contributed by atoms with E-state index in [1.165, 1.54) is 17.5 Å². The first-order valence-corrected chi connectivity index (χ1v) is 8.75. The number of hydrogen-bond acceptors (Lipinski definition) is 2. The van der Waals surface area contributed by atoms with Crippen molar-refractivity contribution in [3.05, 3.63) is 35.4 Å². The number of guanidine groups is 1. The van der Waals surface area contributed by atoms with Crippen LogP contribution in [0.1, 0.15) is 50.2 Å². The average Bonchev–Trinajstić information content (AvgIpc) is 2.56. The number of nitrogens with zero attached hydrogens (tertiary/aromatic N) is 1. The Balaban J connectivity index is 0.00000529. The zero-order valence-corrected chi connectivity index (χ0v) is 17.9. The van der Waals surface area contributed by atoms with Crippen molar-refractivity contribution in [2.24, 2.45) is 4.99 Å². The summed E-state index contributed by atoms with van der Waals surface area (Å²) in [6, 6.07) is 8.73. The Bertz CT molecular complexity index is 448. The van der Waals surface area contributed by atoms with Gasteiger partial charge in [0.05, 0.1) is 0 Å². The number of unbranched alkanes of at least 4 members (excludes halogenated alkanes) is 2. The minimum absolute atomic E-state index is 0. The Hall–Kier alpha value is -0.820. The van der Waals surface area contributed by atoms with E-state index < -0.39 is 0 Å². The van der Waals surface area contributed by atoms with Gasteiger partial charge in [0.1, 0.15) is 0 Å². The van der Waals surface area contributed by atoms with E-state index in [-0.39, 0.29) is 24.0 Å². The van der Waals surface area contributed by atoms with E-state index in [1.807, 2.05) is 0 Å². The highest BCUT2D eigenvalue weighted by atomic mass is 127. The van der Waals surface area contributed by atoms with E-state index in [1.54, 1.807) is 7.11 Å². The number of ether oxygens (including phenoxy) is 1. The molecule has 0 aliphatic carbocycles.